The molecule has 9 heavy (non-hydrogen) atoms. The minimum atomic E-state index is 0. The highest BCUT2D eigenvalue weighted by Crippen LogP contribution is 1.95. The van der Waals surface area contributed by atoms with Crippen LogP contribution in [0.4, 0.5) is 0 Å². The molecule has 47 valence electrons. The maximum Gasteiger partial charge on any atom is 0.0283 e. The standard InChI is InChI=1S/C7H7Si.ClH/c8-6-7-4-2-1-3-5-7;/h1-5H,6H2;1H. The molecule has 0 nitrogen and oxygen atoms in total. The van der Waals surface area contributed by atoms with E-state index in [2.05, 4.69) is 22.4 Å². The lowest BCUT2D eigenvalue weighted by molar-refractivity contribution is 1.40. The first kappa shape index (κ1) is 8.73. The van der Waals surface area contributed by atoms with Crippen molar-refractivity contribution < 1.29 is 0 Å². The summed E-state index contributed by atoms with van der Waals surface area (Å²) in [6.45, 7) is 0. The van der Waals surface area contributed by atoms with Crippen LogP contribution in [0.2, 0.25) is 0 Å². The molecular weight excluding hydrogens is 148 g/mol. The Hall–Kier alpha value is -0.273. The molecule has 1 aromatic rings. The predicted molar refractivity (Wildman–Crippen MR) is 43.1 cm³/mol. The van der Waals surface area contributed by atoms with E-state index in [0.29, 0.717) is 0 Å². The van der Waals surface area contributed by atoms with Crippen LogP contribution in [0.25, 0.3) is 0 Å². The Morgan fingerprint density at radius 3 is 2.00 bits per heavy atom. The Morgan fingerprint density at radius 2 is 1.67 bits per heavy atom. The van der Waals surface area contributed by atoms with Gasteiger partial charge in [0.2, 0.25) is 0 Å². The van der Waals surface area contributed by atoms with Gasteiger partial charge >= 0.3 is 0 Å². The van der Waals surface area contributed by atoms with Gasteiger partial charge in [-0.15, -0.1) is 12.4 Å². The summed E-state index contributed by atoms with van der Waals surface area (Å²) in [7, 11) is 3.40. The van der Waals surface area contributed by atoms with Gasteiger partial charge in [0.05, 0.1) is 0 Å². The zero-order chi connectivity index (χ0) is 5.82. The average Bonchev–Trinajstić information content (AvgIpc) is 1.90. The van der Waals surface area contributed by atoms with Crippen LogP contribution in [0, 0.1) is 0 Å². The molecule has 0 fully saturated rings. The van der Waals surface area contributed by atoms with Crippen molar-refractivity contribution in [1.82, 2.24) is 0 Å². The summed E-state index contributed by atoms with van der Waals surface area (Å²) < 4.78 is 0. The lowest BCUT2D eigenvalue weighted by Gasteiger charge is -1.89. The fourth-order valence-electron chi connectivity index (χ4n) is 0.596. The van der Waals surface area contributed by atoms with E-state index in [-0.39, 0.29) is 12.4 Å². The molecule has 0 saturated heterocycles. The van der Waals surface area contributed by atoms with Crippen LogP contribution in [-0.2, 0) is 6.04 Å². The molecule has 0 spiro atoms. The van der Waals surface area contributed by atoms with E-state index in [1.807, 2.05) is 18.2 Å². The summed E-state index contributed by atoms with van der Waals surface area (Å²) >= 11 is 0. The molecule has 0 heterocycles. The molecule has 0 N–H and O–H groups in total. The number of rotatable bonds is 1. The van der Waals surface area contributed by atoms with Crippen LogP contribution < -0.4 is 0 Å². The SMILES string of the molecule is Cl.[Si]Cc1ccccc1. The molecule has 2 heteroatoms. The first-order valence-corrected chi connectivity index (χ1v) is 3.32. The number of hydrogen-bond donors (Lipinski definition) is 0. The van der Waals surface area contributed by atoms with E-state index in [0.717, 1.165) is 6.04 Å². The van der Waals surface area contributed by atoms with Crippen molar-refractivity contribution >= 4 is 22.6 Å². The van der Waals surface area contributed by atoms with E-state index >= 15 is 0 Å². The second kappa shape index (κ2) is 4.59. The maximum absolute atomic E-state index is 3.40. The van der Waals surface area contributed by atoms with E-state index in [1.54, 1.807) is 0 Å². The van der Waals surface area contributed by atoms with Gasteiger partial charge in [-0.2, -0.15) is 0 Å². The second-order valence-corrected chi connectivity index (χ2v) is 2.02. The molecule has 1 rings (SSSR count). The molecule has 0 aliphatic rings. The second-order valence-electron chi connectivity index (χ2n) is 1.66. The Labute approximate surface area is 65.1 Å². The van der Waals surface area contributed by atoms with Crippen molar-refractivity contribution in [3.8, 4) is 0 Å². The van der Waals surface area contributed by atoms with Crippen molar-refractivity contribution in [1.29, 1.82) is 0 Å². The first-order chi connectivity index (χ1) is 3.93. The van der Waals surface area contributed by atoms with Crippen LogP contribution in [0.15, 0.2) is 30.3 Å². The summed E-state index contributed by atoms with van der Waals surface area (Å²) in [5, 5.41) is 0. The summed E-state index contributed by atoms with van der Waals surface area (Å²) in [5.41, 5.74) is 1.32. The molecule has 3 radical (unpaired) electrons. The monoisotopic (exact) mass is 155 g/mol. The minimum Gasteiger partial charge on any atom is -0.147 e. The van der Waals surface area contributed by atoms with Gasteiger partial charge in [0.1, 0.15) is 0 Å². The molecular formula is C7H8ClSi. The van der Waals surface area contributed by atoms with Crippen molar-refractivity contribution in [2.24, 2.45) is 0 Å². The van der Waals surface area contributed by atoms with Crippen LogP contribution >= 0.6 is 12.4 Å². The van der Waals surface area contributed by atoms with E-state index in [9.17, 15) is 0 Å². The third-order valence-corrected chi connectivity index (χ3v) is 1.46. The Bertz CT molecular complexity index is 150. The minimum absolute atomic E-state index is 0. The highest BCUT2D eigenvalue weighted by Gasteiger charge is 1.80. The van der Waals surface area contributed by atoms with E-state index < -0.39 is 0 Å². The zero-order valence-corrected chi connectivity index (χ0v) is 6.82. The molecule has 0 aliphatic carbocycles. The normalized spacial score (nSPS) is 8.11. The van der Waals surface area contributed by atoms with Crippen molar-refractivity contribution in [2.75, 3.05) is 0 Å². The Kier molecular flexibility index (Phi) is 4.45. The van der Waals surface area contributed by atoms with Gasteiger partial charge in [0.25, 0.3) is 0 Å². The van der Waals surface area contributed by atoms with Gasteiger partial charge in [0.15, 0.2) is 0 Å². The number of hydrogen-bond acceptors (Lipinski definition) is 0. The van der Waals surface area contributed by atoms with Crippen LogP contribution in [-0.4, -0.2) is 10.2 Å². The van der Waals surface area contributed by atoms with Crippen LogP contribution in [0.5, 0.6) is 0 Å². The van der Waals surface area contributed by atoms with E-state index in [1.165, 1.54) is 5.56 Å². The van der Waals surface area contributed by atoms with Gasteiger partial charge in [-0.25, -0.2) is 0 Å². The lowest BCUT2D eigenvalue weighted by Crippen LogP contribution is -1.78. The van der Waals surface area contributed by atoms with Crippen molar-refractivity contribution in [3.05, 3.63) is 35.9 Å². The van der Waals surface area contributed by atoms with E-state index in [4.69, 9.17) is 0 Å². The molecule has 0 atom stereocenters. The molecule has 0 saturated carbocycles. The molecule has 0 aromatic heterocycles. The fraction of sp³-hybridized carbons (Fsp3) is 0.143. The Morgan fingerprint density at radius 1 is 1.11 bits per heavy atom. The third kappa shape index (κ3) is 2.68. The Balaban J connectivity index is 0.000000640. The van der Waals surface area contributed by atoms with Gasteiger partial charge in [-0.05, 0) is 6.04 Å². The van der Waals surface area contributed by atoms with Gasteiger partial charge in [-0.3, -0.25) is 0 Å². The predicted octanol–water partition coefficient (Wildman–Crippen LogP) is 1.78. The molecule has 0 unspecified atom stereocenters. The number of halogens is 1. The summed E-state index contributed by atoms with van der Waals surface area (Å²) in [6.07, 6.45) is 0. The zero-order valence-electron chi connectivity index (χ0n) is 5.00. The smallest absolute Gasteiger partial charge is 0.0283 e. The fourth-order valence-corrected chi connectivity index (χ4v) is 0.832. The first-order valence-electron chi connectivity index (χ1n) is 2.62. The quantitative estimate of drug-likeness (QED) is 0.543. The summed E-state index contributed by atoms with van der Waals surface area (Å²) in [6, 6.07) is 11.2. The summed E-state index contributed by atoms with van der Waals surface area (Å²) in [5.74, 6) is 0. The van der Waals surface area contributed by atoms with Crippen LogP contribution in [0.1, 0.15) is 5.56 Å². The van der Waals surface area contributed by atoms with Gasteiger partial charge < -0.3 is 0 Å². The van der Waals surface area contributed by atoms with Crippen molar-refractivity contribution in [3.63, 3.8) is 0 Å². The topological polar surface area (TPSA) is 0 Å². The highest BCUT2D eigenvalue weighted by atomic mass is 35.5. The van der Waals surface area contributed by atoms with Crippen molar-refractivity contribution in [2.45, 2.75) is 6.04 Å². The third-order valence-electron chi connectivity index (χ3n) is 1.05. The highest BCUT2D eigenvalue weighted by molar-refractivity contribution is 6.08. The number of benzene rings is 1. The van der Waals surface area contributed by atoms with Gasteiger partial charge in [0, 0.05) is 10.2 Å². The molecule has 1 aromatic carbocycles. The average molecular weight is 156 g/mol. The molecule has 0 bridgehead atoms. The summed E-state index contributed by atoms with van der Waals surface area (Å²) in [4.78, 5) is 0. The van der Waals surface area contributed by atoms with Gasteiger partial charge in [-0.1, -0.05) is 35.9 Å². The largest absolute Gasteiger partial charge is 0.147 e. The maximum atomic E-state index is 3.40. The van der Waals surface area contributed by atoms with Crippen LogP contribution in [0.3, 0.4) is 0 Å². The lowest BCUT2D eigenvalue weighted by atomic mass is 10.2. The molecule has 0 aliphatic heterocycles. The molecule has 0 amide bonds.